The predicted octanol–water partition coefficient (Wildman–Crippen LogP) is 4.30. The number of amides is 2. The van der Waals surface area contributed by atoms with E-state index in [1.165, 1.54) is 6.07 Å². The van der Waals surface area contributed by atoms with Gasteiger partial charge >= 0.3 is 5.97 Å². The second-order valence-electron chi connectivity index (χ2n) is 10.9. The standard InChI is InChI=1S/C30H35FN4O5/c1-40-22-9-6-17(7-10-22)23-12-13-35(29(37)19-4-2-18(3-5-19)24(32)16-31)27(23)28(36)33-21-8-11-25-20(14-21)15-26(34-25)30(38)39/h6-11,14-15,18-19,23-24,27,34H,2-5,12-13,16,32H2,1H3,(H,33,36)(H,38,39)/t18-,19-,23-,24-,27+/m1/s1. The highest BCUT2D eigenvalue weighted by Gasteiger charge is 2.44. The van der Waals surface area contributed by atoms with Gasteiger partial charge in [-0.05, 0) is 80.0 Å². The Labute approximate surface area is 231 Å². The first kappa shape index (κ1) is 27.6. The molecule has 1 aliphatic heterocycles. The van der Waals surface area contributed by atoms with Gasteiger partial charge in [0.1, 0.15) is 24.2 Å². The lowest BCUT2D eigenvalue weighted by Gasteiger charge is -2.35. The van der Waals surface area contributed by atoms with Crippen molar-refractivity contribution >= 4 is 34.4 Å². The fourth-order valence-corrected chi connectivity index (χ4v) is 6.26. The number of hydrogen-bond acceptors (Lipinski definition) is 5. The van der Waals surface area contributed by atoms with Gasteiger partial charge in [0.25, 0.3) is 0 Å². The second-order valence-corrected chi connectivity index (χ2v) is 10.9. The van der Waals surface area contributed by atoms with Crippen molar-refractivity contribution in [3.05, 3.63) is 59.8 Å². The van der Waals surface area contributed by atoms with E-state index in [0.29, 0.717) is 61.0 Å². The highest BCUT2D eigenvalue weighted by molar-refractivity contribution is 6.01. The summed E-state index contributed by atoms with van der Waals surface area (Å²) in [5.41, 5.74) is 8.09. The van der Waals surface area contributed by atoms with Crippen LogP contribution in [0.4, 0.5) is 10.1 Å². The number of halogens is 1. The van der Waals surface area contributed by atoms with E-state index in [2.05, 4.69) is 10.3 Å². The summed E-state index contributed by atoms with van der Waals surface area (Å²) < 4.78 is 18.4. The van der Waals surface area contributed by atoms with E-state index in [0.717, 1.165) is 5.56 Å². The number of ether oxygens (including phenoxy) is 1. The number of aromatic carboxylic acids is 1. The van der Waals surface area contributed by atoms with Gasteiger partial charge in [-0.25, -0.2) is 9.18 Å². The lowest BCUT2D eigenvalue weighted by molar-refractivity contribution is -0.141. The fraction of sp³-hybridized carbons (Fsp3) is 0.433. The van der Waals surface area contributed by atoms with E-state index >= 15 is 0 Å². The number of nitrogens with two attached hydrogens (primary N) is 1. The third-order valence-corrected chi connectivity index (χ3v) is 8.52. The SMILES string of the molecule is COc1ccc([C@H]2CCN(C(=O)[C@H]3CC[C@H]([C@H](N)CF)CC3)[C@@H]2C(=O)Nc2ccc3[nH]c(C(=O)O)cc3c2)cc1. The fourth-order valence-electron chi connectivity index (χ4n) is 6.26. The highest BCUT2D eigenvalue weighted by Crippen LogP contribution is 2.39. The largest absolute Gasteiger partial charge is 0.497 e. The molecule has 0 bridgehead atoms. The molecule has 1 saturated heterocycles. The third kappa shape index (κ3) is 5.54. The van der Waals surface area contributed by atoms with Crippen molar-refractivity contribution in [2.75, 3.05) is 25.6 Å². The zero-order chi connectivity index (χ0) is 28.4. The number of carboxylic acids is 1. The Balaban J connectivity index is 1.38. The van der Waals surface area contributed by atoms with Gasteiger partial charge in [0, 0.05) is 41.0 Å². The van der Waals surface area contributed by atoms with Crippen LogP contribution in [0.5, 0.6) is 5.75 Å². The molecule has 0 unspecified atom stereocenters. The summed E-state index contributed by atoms with van der Waals surface area (Å²) >= 11 is 0. The van der Waals surface area contributed by atoms with Crippen molar-refractivity contribution in [1.29, 1.82) is 0 Å². The smallest absolute Gasteiger partial charge is 0.352 e. The van der Waals surface area contributed by atoms with Crippen LogP contribution in [0, 0.1) is 11.8 Å². The molecular weight excluding hydrogens is 515 g/mol. The van der Waals surface area contributed by atoms with Gasteiger partial charge in [0.15, 0.2) is 0 Å². The minimum Gasteiger partial charge on any atom is -0.497 e. The molecular formula is C30H35FN4O5. The number of carbonyl (C=O) groups excluding carboxylic acids is 2. The minimum absolute atomic E-state index is 0.0457. The Morgan fingerprint density at radius 3 is 2.48 bits per heavy atom. The molecule has 2 aromatic carbocycles. The lowest BCUT2D eigenvalue weighted by Crippen LogP contribution is -2.48. The molecule has 1 aliphatic carbocycles. The second kappa shape index (κ2) is 11.7. The number of aromatic amines is 1. The topological polar surface area (TPSA) is 138 Å². The number of H-pyrrole nitrogens is 1. The number of carboxylic acid groups (broad SMARTS) is 1. The predicted molar refractivity (Wildman–Crippen MR) is 149 cm³/mol. The van der Waals surface area contributed by atoms with E-state index in [4.69, 9.17) is 10.5 Å². The maximum atomic E-state index is 13.9. The van der Waals surface area contributed by atoms with E-state index < -0.39 is 24.7 Å². The number of alkyl halides is 1. The Morgan fingerprint density at radius 2 is 1.82 bits per heavy atom. The van der Waals surface area contributed by atoms with Gasteiger partial charge in [-0.3, -0.25) is 9.59 Å². The van der Waals surface area contributed by atoms with Crippen LogP contribution < -0.4 is 15.8 Å². The molecule has 0 radical (unpaired) electrons. The molecule has 2 fully saturated rings. The highest BCUT2D eigenvalue weighted by atomic mass is 19.1. The summed E-state index contributed by atoms with van der Waals surface area (Å²) in [6.07, 6.45) is 3.29. The zero-order valence-corrected chi connectivity index (χ0v) is 22.4. The van der Waals surface area contributed by atoms with Crippen molar-refractivity contribution in [2.45, 2.75) is 50.1 Å². The summed E-state index contributed by atoms with van der Waals surface area (Å²) in [7, 11) is 1.59. The summed E-state index contributed by atoms with van der Waals surface area (Å²) in [4.78, 5) is 43.5. The number of nitrogens with zero attached hydrogens (tertiary/aromatic N) is 1. The maximum absolute atomic E-state index is 13.9. The zero-order valence-electron chi connectivity index (χ0n) is 22.4. The van der Waals surface area contributed by atoms with Crippen molar-refractivity contribution in [1.82, 2.24) is 9.88 Å². The van der Waals surface area contributed by atoms with E-state index in [-0.39, 0.29) is 35.3 Å². The van der Waals surface area contributed by atoms with Gasteiger partial charge < -0.3 is 30.8 Å². The first-order valence-electron chi connectivity index (χ1n) is 13.7. The Morgan fingerprint density at radius 1 is 1.10 bits per heavy atom. The summed E-state index contributed by atoms with van der Waals surface area (Å²) in [6, 6.07) is 13.0. The van der Waals surface area contributed by atoms with E-state index in [9.17, 15) is 23.9 Å². The first-order chi connectivity index (χ1) is 19.3. The van der Waals surface area contributed by atoms with Gasteiger partial charge in [-0.15, -0.1) is 0 Å². The molecule has 3 atom stereocenters. The van der Waals surface area contributed by atoms with Crippen LogP contribution in [0.3, 0.4) is 0 Å². The van der Waals surface area contributed by atoms with Gasteiger partial charge in [0.05, 0.1) is 7.11 Å². The molecule has 40 heavy (non-hydrogen) atoms. The molecule has 0 spiro atoms. The Kier molecular flexibility index (Phi) is 8.07. The lowest BCUT2D eigenvalue weighted by atomic mass is 9.78. The minimum atomic E-state index is -1.06. The van der Waals surface area contributed by atoms with Crippen LogP contribution in [0.1, 0.15) is 54.1 Å². The van der Waals surface area contributed by atoms with Crippen molar-refractivity contribution in [3.8, 4) is 5.75 Å². The number of benzene rings is 2. The van der Waals surface area contributed by atoms with Crippen LogP contribution in [0.25, 0.3) is 10.9 Å². The van der Waals surface area contributed by atoms with Crippen LogP contribution in [0.15, 0.2) is 48.5 Å². The Bertz CT molecular complexity index is 1380. The van der Waals surface area contributed by atoms with Crippen LogP contribution >= 0.6 is 0 Å². The molecule has 2 aliphatic rings. The molecule has 1 aromatic heterocycles. The maximum Gasteiger partial charge on any atom is 0.352 e. The van der Waals surface area contributed by atoms with Crippen LogP contribution in [-0.4, -0.2) is 65.2 Å². The van der Waals surface area contributed by atoms with Crippen molar-refractivity contribution in [2.24, 2.45) is 17.6 Å². The van der Waals surface area contributed by atoms with Gasteiger partial charge in [0.2, 0.25) is 11.8 Å². The number of likely N-dealkylation sites (tertiary alicyclic amines) is 1. The van der Waals surface area contributed by atoms with Crippen LogP contribution in [0.2, 0.25) is 0 Å². The van der Waals surface area contributed by atoms with E-state index in [1.54, 1.807) is 30.2 Å². The average molecular weight is 551 g/mol. The number of nitrogens with one attached hydrogen (secondary N) is 2. The van der Waals surface area contributed by atoms with Crippen molar-refractivity contribution in [3.63, 3.8) is 0 Å². The summed E-state index contributed by atoms with van der Waals surface area (Å²) in [5, 5.41) is 12.9. The molecule has 10 heteroatoms. The molecule has 3 aromatic rings. The number of rotatable bonds is 8. The number of hydrogen-bond donors (Lipinski definition) is 4. The molecule has 2 amide bonds. The molecule has 5 rings (SSSR count). The summed E-state index contributed by atoms with van der Waals surface area (Å²) in [5.74, 6) is -1.06. The Hall–Kier alpha value is -3.92. The quantitative estimate of drug-likeness (QED) is 0.330. The number of fused-ring (bicyclic) bond motifs is 1. The molecule has 212 valence electrons. The molecule has 5 N–H and O–H groups in total. The number of methoxy groups -OCH3 is 1. The monoisotopic (exact) mass is 550 g/mol. The number of anilines is 1. The van der Waals surface area contributed by atoms with E-state index in [1.807, 2.05) is 24.3 Å². The van der Waals surface area contributed by atoms with Crippen molar-refractivity contribution < 1.29 is 28.6 Å². The molecule has 9 nitrogen and oxygen atoms in total. The molecule has 1 saturated carbocycles. The average Bonchev–Trinajstić information content (AvgIpc) is 3.61. The van der Waals surface area contributed by atoms with Crippen LogP contribution in [-0.2, 0) is 9.59 Å². The van der Waals surface area contributed by atoms with Gasteiger partial charge in [-0.1, -0.05) is 12.1 Å². The normalized spacial score (nSPS) is 23.6. The third-order valence-electron chi connectivity index (χ3n) is 8.52. The van der Waals surface area contributed by atoms with Gasteiger partial charge in [-0.2, -0.15) is 0 Å². The number of carbonyl (C=O) groups is 3. The summed E-state index contributed by atoms with van der Waals surface area (Å²) in [6.45, 7) is -0.107. The number of aromatic nitrogens is 1. The first-order valence-corrected chi connectivity index (χ1v) is 13.7. The molecule has 2 heterocycles.